The van der Waals surface area contributed by atoms with E-state index in [0.29, 0.717) is 22.3 Å². The smallest absolute Gasteiger partial charge is 0.337 e. The molecule has 1 aromatic heterocycles. The molecular formula is C26H23FN2O3. The van der Waals surface area contributed by atoms with Gasteiger partial charge in [0.05, 0.1) is 11.3 Å². The van der Waals surface area contributed by atoms with Crippen molar-refractivity contribution >= 4 is 22.4 Å². The Labute approximate surface area is 184 Å². The van der Waals surface area contributed by atoms with E-state index in [2.05, 4.69) is 5.32 Å². The van der Waals surface area contributed by atoms with Gasteiger partial charge in [-0.1, -0.05) is 30.3 Å². The van der Waals surface area contributed by atoms with Gasteiger partial charge in [-0.05, 0) is 66.8 Å². The third-order valence-corrected chi connectivity index (χ3v) is 5.65. The number of pyridine rings is 1. The van der Waals surface area contributed by atoms with Crippen molar-refractivity contribution in [1.29, 1.82) is 0 Å². The molecular weight excluding hydrogens is 407 g/mol. The van der Waals surface area contributed by atoms with Gasteiger partial charge in [0.2, 0.25) is 0 Å². The maximum absolute atomic E-state index is 13.9. The van der Waals surface area contributed by atoms with Crippen LogP contribution in [0.3, 0.4) is 0 Å². The van der Waals surface area contributed by atoms with Crippen molar-refractivity contribution in [2.75, 3.05) is 5.32 Å². The van der Waals surface area contributed by atoms with E-state index in [4.69, 9.17) is 0 Å². The maximum atomic E-state index is 13.9. The number of nitrogens with one attached hydrogen (secondary N) is 1. The van der Waals surface area contributed by atoms with Gasteiger partial charge in [-0.25, -0.2) is 9.18 Å². The van der Waals surface area contributed by atoms with Gasteiger partial charge in [-0.2, -0.15) is 0 Å². The average molecular weight is 430 g/mol. The summed E-state index contributed by atoms with van der Waals surface area (Å²) in [6.45, 7) is 3.84. The van der Waals surface area contributed by atoms with Crippen molar-refractivity contribution in [1.82, 2.24) is 4.57 Å². The van der Waals surface area contributed by atoms with Crippen LogP contribution in [0.2, 0.25) is 0 Å². The summed E-state index contributed by atoms with van der Waals surface area (Å²) in [5, 5.41) is 14.1. The second-order valence-corrected chi connectivity index (χ2v) is 7.94. The van der Waals surface area contributed by atoms with Crippen LogP contribution in [-0.2, 0) is 7.05 Å². The second-order valence-electron chi connectivity index (χ2n) is 7.94. The number of aryl methyl sites for hydroxylation is 1. The zero-order chi connectivity index (χ0) is 23.0. The summed E-state index contributed by atoms with van der Waals surface area (Å²) in [6, 6.07) is 18.3. The molecule has 0 spiro atoms. The number of fused-ring (bicyclic) bond motifs is 1. The van der Waals surface area contributed by atoms with Crippen molar-refractivity contribution in [3.05, 3.63) is 99.6 Å². The number of carboxylic acid groups (broad SMARTS) is 1. The minimum atomic E-state index is -1.02. The van der Waals surface area contributed by atoms with E-state index in [-0.39, 0.29) is 23.0 Å². The van der Waals surface area contributed by atoms with Crippen molar-refractivity contribution in [3.8, 4) is 11.3 Å². The lowest BCUT2D eigenvalue weighted by molar-refractivity contribution is 0.0698. The number of benzene rings is 3. The SMILES string of the molecule is Cc1cc(C(C)Nc2ccccc2C(=O)O)c2cc(-c3cccc(F)c3)n(C)c(=O)c2c1. The molecule has 1 unspecified atom stereocenters. The predicted octanol–water partition coefficient (Wildman–Crippen LogP) is 5.52. The van der Waals surface area contributed by atoms with Gasteiger partial charge >= 0.3 is 5.97 Å². The molecule has 2 N–H and O–H groups in total. The number of aromatic carboxylic acids is 1. The lowest BCUT2D eigenvalue weighted by Gasteiger charge is -2.21. The van der Waals surface area contributed by atoms with Gasteiger partial charge in [0.25, 0.3) is 5.56 Å². The Hall–Kier alpha value is -3.93. The maximum Gasteiger partial charge on any atom is 0.337 e. The largest absolute Gasteiger partial charge is 0.478 e. The Bertz CT molecular complexity index is 1410. The number of rotatable bonds is 5. The average Bonchev–Trinajstić information content (AvgIpc) is 2.76. The van der Waals surface area contributed by atoms with E-state index >= 15 is 0 Å². The molecule has 0 saturated carbocycles. The molecule has 0 aliphatic carbocycles. The molecule has 162 valence electrons. The number of hydrogen-bond acceptors (Lipinski definition) is 3. The fraction of sp³-hybridized carbons (Fsp3) is 0.154. The second kappa shape index (κ2) is 8.30. The van der Waals surface area contributed by atoms with Crippen LogP contribution in [0.25, 0.3) is 22.0 Å². The third-order valence-electron chi connectivity index (χ3n) is 5.65. The Kier molecular flexibility index (Phi) is 5.53. The fourth-order valence-electron chi connectivity index (χ4n) is 4.08. The van der Waals surface area contributed by atoms with E-state index < -0.39 is 5.97 Å². The number of carbonyl (C=O) groups is 1. The number of halogens is 1. The summed E-state index contributed by atoms with van der Waals surface area (Å²) in [4.78, 5) is 24.8. The number of anilines is 1. The summed E-state index contributed by atoms with van der Waals surface area (Å²) in [5.74, 6) is -1.39. The number of carboxylic acids is 1. The Morgan fingerprint density at radius 1 is 1.03 bits per heavy atom. The van der Waals surface area contributed by atoms with Gasteiger partial charge in [-0.3, -0.25) is 4.79 Å². The number of nitrogens with zero attached hydrogens (tertiary/aromatic N) is 1. The highest BCUT2D eigenvalue weighted by atomic mass is 19.1. The first-order valence-corrected chi connectivity index (χ1v) is 10.3. The van der Waals surface area contributed by atoms with Crippen LogP contribution in [0, 0.1) is 12.7 Å². The standard InChI is InChI=1S/C26H23FN2O3/c1-15-11-20(16(2)28-23-10-5-4-9-19(23)26(31)32)21-14-24(17-7-6-8-18(27)13-17)29(3)25(30)22(21)12-15/h4-14,16,28H,1-3H3,(H,31,32). The molecule has 4 aromatic rings. The minimum Gasteiger partial charge on any atom is -0.478 e. The van der Waals surface area contributed by atoms with Crippen LogP contribution in [-0.4, -0.2) is 15.6 Å². The van der Waals surface area contributed by atoms with E-state index in [0.717, 1.165) is 16.5 Å². The number of para-hydroxylation sites is 1. The van der Waals surface area contributed by atoms with E-state index in [1.54, 1.807) is 43.4 Å². The summed E-state index contributed by atoms with van der Waals surface area (Å²) in [7, 11) is 1.68. The van der Waals surface area contributed by atoms with Crippen molar-refractivity contribution in [3.63, 3.8) is 0 Å². The lowest BCUT2D eigenvalue weighted by Crippen LogP contribution is -2.20. The molecule has 0 bridgehead atoms. The molecule has 32 heavy (non-hydrogen) atoms. The zero-order valence-electron chi connectivity index (χ0n) is 18.0. The molecule has 4 rings (SSSR count). The molecule has 1 atom stereocenters. The zero-order valence-corrected chi connectivity index (χ0v) is 18.0. The minimum absolute atomic E-state index is 0.174. The first-order chi connectivity index (χ1) is 15.3. The fourth-order valence-corrected chi connectivity index (χ4v) is 4.08. The number of aromatic nitrogens is 1. The van der Waals surface area contributed by atoms with Gasteiger partial charge in [0.15, 0.2) is 0 Å². The lowest BCUT2D eigenvalue weighted by atomic mass is 9.95. The Balaban J connectivity index is 1.90. The van der Waals surface area contributed by atoms with Crippen LogP contribution in [0.15, 0.2) is 71.5 Å². The van der Waals surface area contributed by atoms with Gasteiger partial charge in [-0.15, -0.1) is 0 Å². The van der Waals surface area contributed by atoms with E-state index in [9.17, 15) is 19.1 Å². The molecule has 0 radical (unpaired) electrons. The van der Waals surface area contributed by atoms with Gasteiger partial charge < -0.3 is 15.0 Å². The van der Waals surface area contributed by atoms with Crippen LogP contribution in [0.1, 0.15) is 34.5 Å². The number of hydrogen-bond donors (Lipinski definition) is 2. The molecule has 0 saturated heterocycles. The molecule has 3 aromatic carbocycles. The van der Waals surface area contributed by atoms with Crippen LogP contribution in [0.5, 0.6) is 0 Å². The molecule has 0 aliphatic heterocycles. The van der Waals surface area contributed by atoms with Crippen molar-refractivity contribution in [2.24, 2.45) is 7.05 Å². The molecule has 6 heteroatoms. The summed E-state index contributed by atoms with van der Waals surface area (Å²) in [5.41, 5.74) is 3.48. The first-order valence-electron chi connectivity index (χ1n) is 10.3. The summed E-state index contributed by atoms with van der Waals surface area (Å²) >= 11 is 0. The highest BCUT2D eigenvalue weighted by Crippen LogP contribution is 2.31. The van der Waals surface area contributed by atoms with E-state index in [1.165, 1.54) is 16.7 Å². The predicted molar refractivity (Wildman–Crippen MR) is 125 cm³/mol. The highest BCUT2D eigenvalue weighted by Gasteiger charge is 2.18. The van der Waals surface area contributed by atoms with Crippen LogP contribution in [0.4, 0.5) is 10.1 Å². The highest BCUT2D eigenvalue weighted by molar-refractivity contribution is 5.94. The normalized spacial score (nSPS) is 12.0. The summed E-state index contributed by atoms with van der Waals surface area (Å²) < 4.78 is 15.4. The van der Waals surface area contributed by atoms with Gasteiger partial charge in [0, 0.05) is 29.7 Å². The van der Waals surface area contributed by atoms with Crippen molar-refractivity contribution in [2.45, 2.75) is 19.9 Å². The Morgan fingerprint density at radius 3 is 2.50 bits per heavy atom. The summed E-state index contributed by atoms with van der Waals surface area (Å²) in [6.07, 6.45) is 0. The molecule has 5 nitrogen and oxygen atoms in total. The monoisotopic (exact) mass is 430 g/mol. The molecule has 0 fully saturated rings. The van der Waals surface area contributed by atoms with Gasteiger partial charge in [0.1, 0.15) is 5.82 Å². The van der Waals surface area contributed by atoms with Crippen LogP contribution < -0.4 is 10.9 Å². The van der Waals surface area contributed by atoms with Crippen molar-refractivity contribution < 1.29 is 14.3 Å². The topological polar surface area (TPSA) is 71.3 Å². The Morgan fingerprint density at radius 2 is 1.78 bits per heavy atom. The molecule has 1 heterocycles. The molecule has 0 amide bonds. The third kappa shape index (κ3) is 3.87. The van der Waals surface area contributed by atoms with E-state index in [1.807, 2.05) is 32.0 Å². The van der Waals surface area contributed by atoms with Crippen LogP contribution >= 0.6 is 0 Å². The molecule has 0 aliphatic rings. The first kappa shape index (κ1) is 21.3. The quantitative estimate of drug-likeness (QED) is 0.437.